The Hall–Kier alpha value is -1.69. The second-order valence-corrected chi connectivity index (χ2v) is 3.67. The maximum Gasteiger partial charge on any atom is 0.277 e. The Morgan fingerprint density at radius 1 is 1.44 bits per heavy atom. The van der Waals surface area contributed by atoms with E-state index in [0.717, 1.165) is 5.06 Å². The highest BCUT2D eigenvalue weighted by molar-refractivity contribution is 5.93. The fourth-order valence-electron chi connectivity index (χ4n) is 1.31. The number of hydrogen-bond acceptors (Lipinski definition) is 3. The lowest BCUT2D eigenvalue weighted by atomic mass is 10.1. The number of carbonyl (C=O) groups excluding carboxylic acids is 1. The summed E-state index contributed by atoms with van der Waals surface area (Å²) >= 11 is 0. The van der Waals surface area contributed by atoms with Crippen LogP contribution in [-0.4, -0.2) is 38.2 Å². The Morgan fingerprint density at radius 3 is 2.67 bits per heavy atom. The van der Waals surface area contributed by atoms with Gasteiger partial charge in [0.05, 0.1) is 7.11 Å². The van der Waals surface area contributed by atoms with E-state index < -0.39 is 13.0 Å². The fourth-order valence-corrected chi connectivity index (χ4v) is 1.31. The van der Waals surface area contributed by atoms with Crippen LogP contribution in [-0.2, 0) is 4.84 Å². The Kier molecular flexibility index (Phi) is 5.03. The van der Waals surface area contributed by atoms with E-state index in [2.05, 4.69) is 0 Å². The second-order valence-electron chi connectivity index (χ2n) is 3.67. The topological polar surface area (TPSA) is 38.8 Å². The summed E-state index contributed by atoms with van der Waals surface area (Å²) in [5, 5.41) is 1.04. The van der Waals surface area contributed by atoms with Gasteiger partial charge in [0.2, 0.25) is 0 Å². The molecule has 0 aliphatic rings. The molecule has 0 atom stereocenters. The standard InChI is InChI=1S/C12H15F2NO3/c1-8-4-5-9(12(16)15(2)17-3)6-10(8)18-7-11(13)14/h4-6,11H,7H2,1-3H3. The first-order chi connectivity index (χ1) is 8.45. The van der Waals surface area contributed by atoms with Gasteiger partial charge in [-0.25, -0.2) is 13.8 Å². The molecule has 0 unspecified atom stereocenters. The summed E-state index contributed by atoms with van der Waals surface area (Å²) in [6.07, 6.45) is -2.55. The van der Waals surface area contributed by atoms with E-state index in [9.17, 15) is 13.6 Å². The molecule has 0 spiro atoms. The molecule has 0 N–H and O–H groups in total. The molecule has 0 radical (unpaired) electrons. The summed E-state index contributed by atoms with van der Waals surface area (Å²) in [5.74, 6) is -0.106. The van der Waals surface area contributed by atoms with Crippen molar-refractivity contribution in [2.24, 2.45) is 0 Å². The van der Waals surface area contributed by atoms with Crippen LogP contribution in [0.1, 0.15) is 15.9 Å². The smallest absolute Gasteiger partial charge is 0.277 e. The molecule has 6 heteroatoms. The van der Waals surface area contributed by atoms with Crippen molar-refractivity contribution in [2.45, 2.75) is 13.3 Å². The molecule has 100 valence electrons. The third kappa shape index (κ3) is 3.66. The highest BCUT2D eigenvalue weighted by Crippen LogP contribution is 2.21. The number of nitrogens with zero attached hydrogens (tertiary/aromatic N) is 1. The molecule has 4 nitrogen and oxygen atoms in total. The van der Waals surface area contributed by atoms with Crippen molar-refractivity contribution in [3.8, 4) is 5.75 Å². The van der Waals surface area contributed by atoms with Crippen LogP contribution in [0.5, 0.6) is 5.75 Å². The van der Waals surface area contributed by atoms with E-state index in [1.165, 1.54) is 20.2 Å². The maximum absolute atomic E-state index is 12.1. The first kappa shape index (κ1) is 14.4. The quantitative estimate of drug-likeness (QED) is 0.761. The third-order valence-corrected chi connectivity index (χ3v) is 2.36. The number of ether oxygens (including phenoxy) is 1. The molecule has 0 aliphatic carbocycles. The predicted octanol–water partition coefficient (Wildman–Crippen LogP) is 2.27. The van der Waals surface area contributed by atoms with E-state index in [1.54, 1.807) is 19.1 Å². The second kappa shape index (κ2) is 6.30. The SMILES string of the molecule is CON(C)C(=O)c1ccc(C)c(OCC(F)F)c1. The van der Waals surface area contributed by atoms with Crippen LogP contribution < -0.4 is 4.74 Å². The maximum atomic E-state index is 12.1. The number of amides is 1. The molecular formula is C12H15F2NO3. The van der Waals surface area contributed by atoms with Gasteiger partial charge in [-0.2, -0.15) is 0 Å². The predicted molar refractivity (Wildman–Crippen MR) is 61.8 cm³/mol. The normalized spacial score (nSPS) is 10.6. The molecule has 1 rings (SSSR count). The number of halogens is 2. The summed E-state index contributed by atoms with van der Waals surface area (Å²) in [7, 11) is 2.82. The van der Waals surface area contributed by atoms with Gasteiger partial charge in [0.25, 0.3) is 12.3 Å². The molecule has 0 saturated heterocycles. The van der Waals surface area contributed by atoms with Crippen molar-refractivity contribution in [1.29, 1.82) is 0 Å². The van der Waals surface area contributed by atoms with Crippen LogP contribution in [0.25, 0.3) is 0 Å². The van der Waals surface area contributed by atoms with E-state index in [1.807, 2.05) is 0 Å². The van der Waals surface area contributed by atoms with Gasteiger partial charge in [0, 0.05) is 12.6 Å². The summed E-state index contributed by atoms with van der Waals surface area (Å²) in [6.45, 7) is 1.02. The first-order valence-corrected chi connectivity index (χ1v) is 5.29. The van der Waals surface area contributed by atoms with Crippen molar-refractivity contribution >= 4 is 5.91 Å². The number of hydrogen-bond donors (Lipinski definition) is 0. The van der Waals surface area contributed by atoms with Crippen LogP contribution in [0.3, 0.4) is 0 Å². The monoisotopic (exact) mass is 259 g/mol. The third-order valence-electron chi connectivity index (χ3n) is 2.36. The molecule has 1 aromatic rings. The lowest BCUT2D eigenvalue weighted by Gasteiger charge is -2.15. The molecule has 0 aromatic heterocycles. The Balaban J connectivity index is 2.89. The average Bonchev–Trinajstić information content (AvgIpc) is 2.35. The van der Waals surface area contributed by atoms with E-state index in [-0.39, 0.29) is 11.7 Å². The minimum atomic E-state index is -2.55. The van der Waals surface area contributed by atoms with Crippen molar-refractivity contribution < 1.29 is 23.1 Å². The van der Waals surface area contributed by atoms with E-state index in [0.29, 0.717) is 11.1 Å². The van der Waals surface area contributed by atoms with Gasteiger partial charge in [0.1, 0.15) is 12.4 Å². The van der Waals surface area contributed by atoms with Gasteiger partial charge in [-0.15, -0.1) is 0 Å². The lowest BCUT2D eigenvalue weighted by Crippen LogP contribution is -2.25. The van der Waals surface area contributed by atoms with Crippen molar-refractivity contribution in [1.82, 2.24) is 5.06 Å². The molecule has 0 aliphatic heterocycles. The minimum absolute atomic E-state index is 0.269. The highest BCUT2D eigenvalue weighted by Gasteiger charge is 2.14. The summed E-state index contributed by atoms with van der Waals surface area (Å²) in [6, 6.07) is 4.65. The zero-order valence-electron chi connectivity index (χ0n) is 10.4. The lowest BCUT2D eigenvalue weighted by molar-refractivity contribution is -0.0757. The number of rotatable bonds is 5. The molecule has 0 saturated carbocycles. The molecular weight excluding hydrogens is 244 g/mol. The van der Waals surface area contributed by atoms with Crippen molar-refractivity contribution in [3.63, 3.8) is 0 Å². The van der Waals surface area contributed by atoms with Gasteiger partial charge in [-0.3, -0.25) is 9.63 Å². The van der Waals surface area contributed by atoms with Gasteiger partial charge < -0.3 is 4.74 Å². The average molecular weight is 259 g/mol. The van der Waals surface area contributed by atoms with E-state index >= 15 is 0 Å². The zero-order chi connectivity index (χ0) is 13.7. The molecule has 0 bridgehead atoms. The Bertz CT molecular complexity index is 424. The molecule has 1 aromatic carbocycles. The summed E-state index contributed by atoms with van der Waals surface area (Å²) in [5.41, 5.74) is 1.00. The van der Waals surface area contributed by atoms with Crippen LogP contribution in [0.4, 0.5) is 8.78 Å². The Morgan fingerprint density at radius 2 is 2.11 bits per heavy atom. The van der Waals surface area contributed by atoms with Crippen LogP contribution >= 0.6 is 0 Å². The number of benzene rings is 1. The first-order valence-electron chi connectivity index (χ1n) is 5.29. The molecule has 1 amide bonds. The summed E-state index contributed by atoms with van der Waals surface area (Å²) < 4.78 is 29.1. The van der Waals surface area contributed by atoms with Crippen molar-refractivity contribution in [3.05, 3.63) is 29.3 Å². The van der Waals surface area contributed by atoms with Crippen LogP contribution in [0, 0.1) is 6.92 Å². The molecule has 18 heavy (non-hydrogen) atoms. The van der Waals surface area contributed by atoms with Crippen LogP contribution in [0.2, 0.25) is 0 Å². The highest BCUT2D eigenvalue weighted by atomic mass is 19.3. The van der Waals surface area contributed by atoms with Gasteiger partial charge >= 0.3 is 0 Å². The minimum Gasteiger partial charge on any atom is -0.487 e. The van der Waals surface area contributed by atoms with E-state index in [4.69, 9.17) is 9.57 Å². The largest absolute Gasteiger partial charge is 0.487 e. The number of hydroxylamine groups is 2. The Labute approximate surface area is 104 Å². The molecule has 0 fully saturated rings. The fraction of sp³-hybridized carbons (Fsp3) is 0.417. The van der Waals surface area contributed by atoms with Crippen molar-refractivity contribution in [2.75, 3.05) is 20.8 Å². The zero-order valence-corrected chi connectivity index (χ0v) is 10.4. The summed E-state index contributed by atoms with van der Waals surface area (Å²) in [4.78, 5) is 16.5. The van der Waals surface area contributed by atoms with Crippen LogP contribution in [0.15, 0.2) is 18.2 Å². The van der Waals surface area contributed by atoms with Gasteiger partial charge in [-0.05, 0) is 24.6 Å². The van der Waals surface area contributed by atoms with Gasteiger partial charge in [0.15, 0.2) is 0 Å². The van der Waals surface area contributed by atoms with Gasteiger partial charge in [-0.1, -0.05) is 6.07 Å². The molecule has 0 heterocycles. The number of carbonyl (C=O) groups is 1. The number of aryl methyl sites for hydroxylation is 1. The number of alkyl halides is 2.